The lowest BCUT2D eigenvalue weighted by Crippen LogP contribution is -2.43. The van der Waals surface area contributed by atoms with E-state index in [9.17, 15) is 14.7 Å². The van der Waals surface area contributed by atoms with E-state index in [0.717, 1.165) is 63.9 Å². The summed E-state index contributed by atoms with van der Waals surface area (Å²) in [5.74, 6) is 0.950. The van der Waals surface area contributed by atoms with Crippen LogP contribution in [0.4, 0.5) is 0 Å². The average molecular weight is 480 g/mol. The predicted molar refractivity (Wildman–Crippen MR) is 133 cm³/mol. The minimum Gasteiger partial charge on any atom is -0.390 e. The molecule has 35 heavy (non-hydrogen) atoms. The Hall–Kier alpha value is -2.71. The van der Waals surface area contributed by atoms with Gasteiger partial charge < -0.3 is 20.3 Å². The second-order valence-corrected chi connectivity index (χ2v) is 10.4. The van der Waals surface area contributed by atoms with Crippen molar-refractivity contribution in [1.82, 2.24) is 25.1 Å². The monoisotopic (exact) mass is 479 g/mol. The van der Waals surface area contributed by atoms with Crippen molar-refractivity contribution in [2.45, 2.75) is 76.6 Å². The van der Waals surface area contributed by atoms with Crippen LogP contribution in [0.25, 0.3) is 0 Å². The topological polar surface area (TPSA) is 99.5 Å². The summed E-state index contributed by atoms with van der Waals surface area (Å²) in [7, 11) is 0. The average Bonchev–Trinajstić information content (AvgIpc) is 3.31. The molecule has 3 heterocycles. The third-order valence-electron chi connectivity index (χ3n) is 7.72. The second kappa shape index (κ2) is 10.9. The highest BCUT2D eigenvalue weighted by atomic mass is 16.3. The maximum atomic E-state index is 12.7. The molecule has 0 spiro atoms. The molecule has 1 aliphatic carbocycles. The smallest absolute Gasteiger partial charge is 0.271 e. The fourth-order valence-corrected chi connectivity index (χ4v) is 5.73. The van der Waals surface area contributed by atoms with Crippen molar-refractivity contribution in [2.24, 2.45) is 5.92 Å². The number of hydrogen-bond acceptors (Lipinski definition) is 5. The SMILES string of the molecule is O=C(NCC(O)CN1CCc2ccccc2C1)c1cn2c(n1)CCC(NC(=O)C1CCCCC1)C2. The molecule has 5 rings (SSSR count). The van der Waals surface area contributed by atoms with Crippen LogP contribution in [0.5, 0.6) is 0 Å². The molecule has 2 unspecified atom stereocenters. The highest BCUT2D eigenvalue weighted by molar-refractivity contribution is 5.92. The quantitative estimate of drug-likeness (QED) is 0.565. The van der Waals surface area contributed by atoms with Gasteiger partial charge in [-0.05, 0) is 36.8 Å². The zero-order valence-corrected chi connectivity index (χ0v) is 20.4. The minimum absolute atomic E-state index is 0.0820. The van der Waals surface area contributed by atoms with Crippen molar-refractivity contribution >= 4 is 11.8 Å². The molecule has 3 aliphatic rings. The molecule has 188 valence electrons. The van der Waals surface area contributed by atoms with Gasteiger partial charge >= 0.3 is 0 Å². The number of aliphatic hydroxyl groups excluding tert-OH is 1. The van der Waals surface area contributed by atoms with Crippen LogP contribution in [-0.4, -0.2) is 63.2 Å². The Bertz CT molecular complexity index is 1050. The van der Waals surface area contributed by atoms with Crippen LogP contribution in [0.2, 0.25) is 0 Å². The van der Waals surface area contributed by atoms with E-state index in [4.69, 9.17) is 0 Å². The van der Waals surface area contributed by atoms with Gasteiger partial charge in [0, 0.05) is 57.3 Å². The first-order valence-electron chi connectivity index (χ1n) is 13.2. The van der Waals surface area contributed by atoms with E-state index in [0.29, 0.717) is 18.8 Å². The minimum atomic E-state index is -0.638. The molecule has 3 N–H and O–H groups in total. The van der Waals surface area contributed by atoms with Crippen molar-refractivity contribution in [3.8, 4) is 0 Å². The number of nitrogens with zero attached hydrogens (tertiary/aromatic N) is 3. The Morgan fingerprint density at radius 2 is 1.89 bits per heavy atom. The summed E-state index contributed by atoms with van der Waals surface area (Å²) in [5.41, 5.74) is 3.07. The van der Waals surface area contributed by atoms with Crippen molar-refractivity contribution < 1.29 is 14.7 Å². The normalized spacial score (nSPS) is 21.6. The summed E-state index contributed by atoms with van der Waals surface area (Å²) in [6.07, 6.45) is 9.22. The second-order valence-electron chi connectivity index (χ2n) is 10.4. The summed E-state index contributed by atoms with van der Waals surface area (Å²) in [5, 5.41) is 16.6. The molecule has 1 aromatic heterocycles. The molecule has 2 aromatic rings. The number of benzene rings is 1. The lowest BCUT2D eigenvalue weighted by atomic mass is 9.88. The van der Waals surface area contributed by atoms with Gasteiger partial charge in [0.05, 0.1) is 6.10 Å². The molecule has 2 amide bonds. The maximum Gasteiger partial charge on any atom is 0.271 e. The van der Waals surface area contributed by atoms with E-state index in [1.165, 1.54) is 17.5 Å². The van der Waals surface area contributed by atoms with E-state index in [-0.39, 0.29) is 30.3 Å². The fourth-order valence-electron chi connectivity index (χ4n) is 5.73. The first-order valence-corrected chi connectivity index (χ1v) is 13.2. The number of nitrogens with one attached hydrogen (secondary N) is 2. The van der Waals surface area contributed by atoms with Gasteiger partial charge in [-0.15, -0.1) is 0 Å². The van der Waals surface area contributed by atoms with Crippen LogP contribution in [0.3, 0.4) is 0 Å². The predicted octanol–water partition coefficient (Wildman–Crippen LogP) is 2.04. The zero-order chi connectivity index (χ0) is 24.2. The molecular weight excluding hydrogens is 442 g/mol. The van der Waals surface area contributed by atoms with Gasteiger partial charge in [0.1, 0.15) is 11.5 Å². The molecule has 0 saturated heterocycles. The number of hydrogen-bond donors (Lipinski definition) is 3. The lowest BCUT2D eigenvalue weighted by molar-refractivity contribution is -0.126. The van der Waals surface area contributed by atoms with Crippen LogP contribution < -0.4 is 10.6 Å². The van der Waals surface area contributed by atoms with E-state index in [1.807, 2.05) is 4.57 Å². The summed E-state index contributed by atoms with van der Waals surface area (Å²) in [6, 6.07) is 8.51. The van der Waals surface area contributed by atoms with Crippen LogP contribution in [-0.2, 0) is 30.7 Å². The number of β-amino-alcohol motifs (C(OH)–C–C–N with tert-alkyl or cyclic N) is 1. The maximum absolute atomic E-state index is 12.7. The standard InChI is InChI=1S/C27H37N5O3/c33-23(17-31-13-12-19-6-4-5-9-21(19)15-31)14-28-27(35)24-18-32-16-22(10-11-25(32)30-24)29-26(34)20-7-2-1-3-8-20/h4-6,9,18,20,22-23,33H,1-3,7-8,10-17H2,(H,28,35)(H,29,34). The van der Waals surface area contributed by atoms with Gasteiger partial charge in [-0.25, -0.2) is 4.98 Å². The first kappa shape index (κ1) is 24.0. The molecule has 1 aromatic carbocycles. The van der Waals surface area contributed by atoms with Crippen molar-refractivity contribution in [3.05, 3.63) is 53.1 Å². The Morgan fingerprint density at radius 3 is 2.71 bits per heavy atom. The Labute approximate surface area is 207 Å². The third-order valence-corrected chi connectivity index (χ3v) is 7.72. The highest BCUT2D eigenvalue weighted by Crippen LogP contribution is 2.24. The number of amides is 2. The Balaban J connectivity index is 1.08. The zero-order valence-electron chi connectivity index (χ0n) is 20.4. The van der Waals surface area contributed by atoms with Crippen LogP contribution in [0, 0.1) is 5.92 Å². The summed E-state index contributed by atoms with van der Waals surface area (Å²) < 4.78 is 1.99. The molecule has 8 heteroatoms. The number of aryl methyl sites for hydroxylation is 1. The van der Waals surface area contributed by atoms with Crippen molar-refractivity contribution in [1.29, 1.82) is 0 Å². The van der Waals surface area contributed by atoms with Gasteiger partial charge in [0.25, 0.3) is 5.91 Å². The van der Waals surface area contributed by atoms with Crippen LogP contribution in [0.1, 0.15) is 66.0 Å². The number of carbonyl (C=O) groups excluding carboxylic acids is 2. The van der Waals surface area contributed by atoms with Gasteiger partial charge in [-0.2, -0.15) is 0 Å². The first-order chi connectivity index (χ1) is 17.0. The highest BCUT2D eigenvalue weighted by Gasteiger charge is 2.27. The van der Waals surface area contributed by atoms with Gasteiger partial charge in [-0.1, -0.05) is 43.5 Å². The molecule has 8 nitrogen and oxygen atoms in total. The number of aliphatic hydroxyl groups is 1. The lowest BCUT2D eigenvalue weighted by Gasteiger charge is -2.30. The molecule has 1 fully saturated rings. The number of carbonyl (C=O) groups is 2. The number of rotatable bonds is 7. The summed E-state index contributed by atoms with van der Waals surface area (Å²) >= 11 is 0. The Kier molecular flexibility index (Phi) is 7.48. The van der Waals surface area contributed by atoms with E-state index >= 15 is 0 Å². The van der Waals surface area contributed by atoms with Gasteiger partial charge in [-0.3, -0.25) is 14.5 Å². The largest absolute Gasteiger partial charge is 0.390 e. The number of imidazole rings is 1. The van der Waals surface area contributed by atoms with Crippen molar-refractivity contribution in [3.63, 3.8) is 0 Å². The molecule has 2 atom stereocenters. The van der Waals surface area contributed by atoms with Crippen molar-refractivity contribution in [2.75, 3.05) is 19.6 Å². The number of fused-ring (bicyclic) bond motifs is 2. The molecule has 2 aliphatic heterocycles. The van der Waals surface area contributed by atoms with Gasteiger partial charge in [0.15, 0.2) is 0 Å². The summed E-state index contributed by atoms with van der Waals surface area (Å²) in [6.45, 7) is 3.10. The third kappa shape index (κ3) is 5.93. The Morgan fingerprint density at radius 1 is 1.09 bits per heavy atom. The molecule has 0 bridgehead atoms. The van der Waals surface area contributed by atoms with Crippen LogP contribution >= 0.6 is 0 Å². The van der Waals surface area contributed by atoms with E-state index in [1.54, 1.807) is 6.20 Å². The van der Waals surface area contributed by atoms with E-state index < -0.39 is 6.10 Å². The molecule has 0 radical (unpaired) electrons. The van der Waals surface area contributed by atoms with Crippen LogP contribution in [0.15, 0.2) is 30.5 Å². The molecular formula is C27H37N5O3. The molecule has 1 saturated carbocycles. The number of aromatic nitrogens is 2. The fraction of sp³-hybridized carbons (Fsp3) is 0.593. The van der Waals surface area contributed by atoms with Gasteiger partial charge in [0.2, 0.25) is 5.91 Å². The van der Waals surface area contributed by atoms with E-state index in [2.05, 4.69) is 44.8 Å². The summed E-state index contributed by atoms with van der Waals surface area (Å²) in [4.78, 5) is 32.1.